The molecule has 5 atom stereocenters. The van der Waals surface area contributed by atoms with Crippen molar-refractivity contribution in [1.29, 1.82) is 0 Å². The van der Waals surface area contributed by atoms with Gasteiger partial charge in [-0.1, -0.05) is 19.3 Å². The van der Waals surface area contributed by atoms with Crippen molar-refractivity contribution in [2.75, 3.05) is 13.2 Å². The Kier molecular flexibility index (Phi) is 4.78. The molecule has 1 aliphatic heterocycles. The molecule has 0 radical (unpaired) electrons. The Labute approximate surface area is 117 Å². The number of aliphatic hydroxyl groups excluding tert-OH is 1. The highest BCUT2D eigenvalue weighted by molar-refractivity contribution is 4.95. The Morgan fingerprint density at radius 3 is 2.53 bits per heavy atom. The molecule has 3 rings (SSSR count). The first-order valence-electron chi connectivity index (χ1n) is 8.49. The largest absolute Gasteiger partial charge is 0.396 e. The third kappa shape index (κ3) is 3.14. The lowest BCUT2D eigenvalue weighted by atomic mass is 9.83. The van der Waals surface area contributed by atoms with Crippen LogP contribution in [0.1, 0.15) is 57.8 Å². The summed E-state index contributed by atoms with van der Waals surface area (Å²) >= 11 is 0. The molecule has 3 heteroatoms. The fraction of sp³-hybridized carbons (Fsp3) is 1.00. The van der Waals surface area contributed by atoms with Crippen LogP contribution in [0.3, 0.4) is 0 Å². The summed E-state index contributed by atoms with van der Waals surface area (Å²) in [6, 6.07) is 2.04. The van der Waals surface area contributed by atoms with E-state index in [-0.39, 0.29) is 0 Å². The number of nitrogens with one attached hydrogen (secondary N) is 2. The highest BCUT2D eigenvalue weighted by Crippen LogP contribution is 2.34. The van der Waals surface area contributed by atoms with Crippen LogP contribution in [-0.2, 0) is 0 Å². The summed E-state index contributed by atoms with van der Waals surface area (Å²) in [5, 5.41) is 17.2. The summed E-state index contributed by atoms with van der Waals surface area (Å²) < 4.78 is 0. The van der Waals surface area contributed by atoms with Gasteiger partial charge in [-0.2, -0.15) is 0 Å². The lowest BCUT2D eigenvalue weighted by Gasteiger charge is -2.36. The molecule has 1 heterocycles. The highest BCUT2D eigenvalue weighted by atomic mass is 16.3. The average Bonchev–Trinajstić information content (AvgIpc) is 3.09. The molecular formula is C16H30N2O. The number of rotatable bonds is 4. The minimum atomic E-state index is 0.372. The summed E-state index contributed by atoms with van der Waals surface area (Å²) in [5.74, 6) is 1.34. The molecule has 0 spiro atoms. The van der Waals surface area contributed by atoms with Gasteiger partial charge >= 0.3 is 0 Å². The first kappa shape index (κ1) is 13.8. The summed E-state index contributed by atoms with van der Waals surface area (Å²) in [6.45, 7) is 1.59. The third-order valence-electron chi connectivity index (χ3n) is 5.76. The van der Waals surface area contributed by atoms with E-state index in [1.807, 2.05) is 0 Å². The van der Waals surface area contributed by atoms with E-state index in [0.717, 1.165) is 12.0 Å². The van der Waals surface area contributed by atoms with Crippen LogP contribution in [0.2, 0.25) is 0 Å². The van der Waals surface area contributed by atoms with Gasteiger partial charge in [0.2, 0.25) is 0 Å². The van der Waals surface area contributed by atoms with Crippen molar-refractivity contribution in [3.8, 4) is 0 Å². The number of hydrogen-bond donors (Lipinski definition) is 3. The molecule has 3 fully saturated rings. The zero-order valence-corrected chi connectivity index (χ0v) is 12.1. The molecule has 0 aromatic carbocycles. The molecule has 3 aliphatic rings. The molecule has 0 aromatic rings. The van der Waals surface area contributed by atoms with Gasteiger partial charge in [-0.3, -0.25) is 0 Å². The molecule has 0 bridgehead atoms. The van der Waals surface area contributed by atoms with Crippen molar-refractivity contribution in [2.24, 2.45) is 11.8 Å². The zero-order valence-electron chi connectivity index (χ0n) is 12.1. The lowest BCUT2D eigenvalue weighted by Crippen LogP contribution is -2.50. The first-order valence-corrected chi connectivity index (χ1v) is 8.49. The van der Waals surface area contributed by atoms with Crippen LogP contribution < -0.4 is 10.6 Å². The van der Waals surface area contributed by atoms with Crippen LogP contribution in [-0.4, -0.2) is 36.4 Å². The van der Waals surface area contributed by atoms with E-state index < -0.39 is 0 Å². The SMILES string of the molecule is OCC1CCCCC1NC1CCCC1C1CCCN1. The van der Waals surface area contributed by atoms with Gasteiger partial charge in [0.1, 0.15) is 0 Å². The monoisotopic (exact) mass is 266 g/mol. The van der Waals surface area contributed by atoms with E-state index in [4.69, 9.17) is 0 Å². The maximum absolute atomic E-state index is 9.56. The second-order valence-corrected chi connectivity index (χ2v) is 6.90. The van der Waals surface area contributed by atoms with Crippen LogP contribution in [0.4, 0.5) is 0 Å². The summed E-state index contributed by atoms with van der Waals surface area (Å²) in [4.78, 5) is 0. The van der Waals surface area contributed by atoms with Crippen LogP contribution in [0.15, 0.2) is 0 Å². The van der Waals surface area contributed by atoms with Gasteiger partial charge in [0, 0.05) is 24.7 Å². The molecule has 0 aromatic heterocycles. The normalized spacial score (nSPS) is 43.7. The molecular weight excluding hydrogens is 236 g/mol. The molecule has 1 saturated heterocycles. The van der Waals surface area contributed by atoms with Crippen LogP contribution in [0, 0.1) is 11.8 Å². The minimum Gasteiger partial charge on any atom is -0.396 e. The quantitative estimate of drug-likeness (QED) is 0.730. The smallest absolute Gasteiger partial charge is 0.0474 e. The number of aliphatic hydroxyl groups is 1. The van der Waals surface area contributed by atoms with Crippen molar-refractivity contribution in [3.05, 3.63) is 0 Å². The Morgan fingerprint density at radius 2 is 1.74 bits per heavy atom. The van der Waals surface area contributed by atoms with Crippen molar-refractivity contribution in [3.63, 3.8) is 0 Å². The zero-order chi connectivity index (χ0) is 13.1. The second-order valence-electron chi connectivity index (χ2n) is 6.90. The maximum atomic E-state index is 9.56. The Balaban J connectivity index is 1.57. The second kappa shape index (κ2) is 6.55. The molecule has 2 aliphatic carbocycles. The van der Waals surface area contributed by atoms with E-state index >= 15 is 0 Å². The predicted octanol–water partition coefficient (Wildman–Crippen LogP) is 2.05. The molecule has 19 heavy (non-hydrogen) atoms. The fourth-order valence-electron chi connectivity index (χ4n) is 4.67. The van der Waals surface area contributed by atoms with Gasteiger partial charge in [0.15, 0.2) is 0 Å². The molecule has 3 N–H and O–H groups in total. The van der Waals surface area contributed by atoms with Gasteiger partial charge in [-0.15, -0.1) is 0 Å². The van der Waals surface area contributed by atoms with E-state index in [1.54, 1.807) is 0 Å². The van der Waals surface area contributed by atoms with Crippen molar-refractivity contribution < 1.29 is 5.11 Å². The predicted molar refractivity (Wildman–Crippen MR) is 78.1 cm³/mol. The van der Waals surface area contributed by atoms with Crippen LogP contribution in [0.5, 0.6) is 0 Å². The fourth-order valence-corrected chi connectivity index (χ4v) is 4.67. The van der Waals surface area contributed by atoms with Gasteiger partial charge in [0.05, 0.1) is 0 Å². The number of hydrogen-bond acceptors (Lipinski definition) is 3. The van der Waals surface area contributed by atoms with Crippen molar-refractivity contribution in [1.82, 2.24) is 10.6 Å². The average molecular weight is 266 g/mol. The van der Waals surface area contributed by atoms with Crippen LogP contribution >= 0.6 is 0 Å². The standard InChI is InChI=1S/C16H30N2O/c19-11-12-5-1-2-7-14(12)18-16-8-3-6-13(16)15-9-4-10-17-15/h12-19H,1-11H2. The summed E-state index contributed by atoms with van der Waals surface area (Å²) in [5.41, 5.74) is 0. The topological polar surface area (TPSA) is 44.3 Å². The van der Waals surface area contributed by atoms with Crippen LogP contribution in [0.25, 0.3) is 0 Å². The van der Waals surface area contributed by atoms with Gasteiger partial charge in [-0.05, 0) is 56.9 Å². The van der Waals surface area contributed by atoms with Gasteiger partial charge < -0.3 is 15.7 Å². The van der Waals surface area contributed by atoms with E-state index in [9.17, 15) is 5.11 Å². The molecule has 3 nitrogen and oxygen atoms in total. The van der Waals surface area contributed by atoms with Crippen molar-refractivity contribution >= 4 is 0 Å². The molecule has 2 saturated carbocycles. The van der Waals surface area contributed by atoms with E-state index in [1.165, 1.54) is 64.3 Å². The highest BCUT2D eigenvalue weighted by Gasteiger charge is 2.37. The first-order chi connectivity index (χ1) is 9.38. The van der Waals surface area contributed by atoms with E-state index in [0.29, 0.717) is 24.6 Å². The Hall–Kier alpha value is -0.120. The Morgan fingerprint density at radius 1 is 0.895 bits per heavy atom. The maximum Gasteiger partial charge on any atom is 0.0474 e. The van der Waals surface area contributed by atoms with Crippen molar-refractivity contribution in [2.45, 2.75) is 75.9 Å². The van der Waals surface area contributed by atoms with Gasteiger partial charge in [0.25, 0.3) is 0 Å². The lowest BCUT2D eigenvalue weighted by molar-refractivity contribution is 0.138. The van der Waals surface area contributed by atoms with Gasteiger partial charge in [-0.25, -0.2) is 0 Å². The molecule has 0 amide bonds. The summed E-state index contributed by atoms with van der Waals surface area (Å²) in [6.07, 6.45) is 12.0. The Bertz CT molecular complexity index is 278. The van der Waals surface area contributed by atoms with E-state index in [2.05, 4.69) is 10.6 Å². The minimum absolute atomic E-state index is 0.372. The third-order valence-corrected chi connectivity index (χ3v) is 5.76. The summed E-state index contributed by atoms with van der Waals surface area (Å²) in [7, 11) is 0. The molecule has 5 unspecified atom stereocenters. The molecule has 110 valence electrons.